The Morgan fingerprint density at radius 2 is 0.494 bits per heavy atom. The third kappa shape index (κ3) is 66.1. The number of unbranched alkanes of at least 4 members (excludes halogenated alkanes) is 46. The lowest BCUT2D eigenvalue weighted by Crippen LogP contribution is -2.30. The van der Waals surface area contributed by atoms with E-state index in [2.05, 4.69) is 69.4 Å². The Balaban J connectivity index is 4.25. The highest BCUT2D eigenvalue weighted by Gasteiger charge is 2.19. The van der Waals surface area contributed by atoms with Crippen molar-refractivity contribution in [3.63, 3.8) is 0 Å². The number of esters is 3. The van der Waals surface area contributed by atoms with Crippen molar-refractivity contribution in [2.45, 2.75) is 386 Å². The lowest BCUT2D eigenvalue weighted by atomic mass is 10.0. The Bertz CT molecular complexity index is 1360. The fourth-order valence-corrected chi connectivity index (χ4v) is 10.6. The number of hydrogen-bond donors (Lipinski definition) is 0. The summed E-state index contributed by atoms with van der Waals surface area (Å²) in [5.74, 6) is -0.851. The minimum atomic E-state index is -0.776. The number of carbonyl (C=O) groups excluding carboxylic acids is 3. The molecule has 0 fully saturated rings. The van der Waals surface area contributed by atoms with Gasteiger partial charge >= 0.3 is 17.9 Å². The predicted molar refractivity (Wildman–Crippen MR) is 344 cm³/mol. The summed E-state index contributed by atoms with van der Waals surface area (Å²) in [6.45, 7) is 6.59. The van der Waals surface area contributed by atoms with E-state index in [-0.39, 0.29) is 31.1 Å². The highest BCUT2D eigenvalue weighted by molar-refractivity contribution is 5.71. The van der Waals surface area contributed by atoms with Gasteiger partial charge in [0, 0.05) is 19.3 Å². The zero-order valence-electron chi connectivity index (χ0n) is 53.2. The second-order valence-corrected chi connectivity index (χ2v) is 23.8. The maximum absolute atomic E-state index is 12.9. The molecular formula is C73H134O6. The molecular weight excluding hydrogens is 973 g/mol. The minimum Gasteiger partial charge on any atom is -0.462 e. The Labute approximate surface area is 492 Å². The van der Waals surface area contributed by atoms with E-state index >= 15 is 0 Å². The van der Waals surface area contributed by atoms with Gasteiger partial charge in [-0.05, 0) is 57.8 Å². The number of hydrogen-bond acceptors (Lipinski definition) is 6. The zero-order chi connectivity index (χ0) is 57.1. The smallest absolute Gasteiger partial charge is 0.306 e. The quantitative estimate of drug-likeness (QED) is 0.0261. The number of ether oxygens (including phenoxy) is 3. The first-order chi connectivity index (χ1) is 39.0. The Morgan fingerprint density at radius 3 is 0.772 bits per heavy atom. The van der Waals surface area contributed by atoms with E-state index in [0.717, 1.165) is 89.9 Å². The zero-order valence-corrected chi connectivity index (χ0v) is 53.2. The van der Waals surface area contributed by atoms with Gasteiger partial charge in [-0.1, -0.05) is 352 Å². The molecule has 79 heavy (non-hydrogen) atoms. The molecule has 0 aromatic rings. The summed E-state index contributed by atoms with van der Waals surface area (Å²) < 4.78 is 17.0. The summed E-state index contributed by atoms with van der Waals surface area (Å²) >= 11 is 0. The van der Waals surface area contributed by atoms with Crippen molar-refractivity contribution >= 4 is 17.9 Å². The normalized spacial score (nSPS) is 12.3. The summed E-state index contributed by atoms with van der Waals surface area (Å²) in [5, 5.41) is 0. The van der Waals surface area contributed by atoms with Gasteiger partial charge in [0.15, 0.2) is 6.10 Å². The van der Waals surface area contributed by atoms with Crippen LogP contribution >= 0.6 is 0 Å². The van der Waals surface area contributed by atoms with Gasteiger partial charge < -0.3 is 14.2 Å². The fraction of sp³-hybridized carbons (Fsp3) is 0.849. The summed E-state index contributed by atoms with van der Waals surface area (Å²) in [7, 11) is 0. The van der Waals surface area contributed by atoms with Crippen LogP contribution in [-0.4, -0.2) is 37.2 Å². The lowest BCUT2D eigenvalue weighted by molar-refractivity contribution is -0.167. The number of rotatable bonds is 65. The molecule has 0 saturated carbocycles. The summed E-state index contributed by atoms with van der Waals surface area (Å²) in [5.41, 5.74) is 0. The first kappa shape index (κ1) is 76.4. The van der Waals surface area contributed by atoms with Crippen molar-refractivity contribution in [2.24, 2.45) is 0 Å². The Hall–Kier alpha value is -2.63. The van der Waals surface area contributed by atoms with Crippen molar-refractivity contribution in [3.05, 3.63) is 48.6 Å². The van der Waals surface area contributed by atoms with Crippen molar-refractivity contribution in [1.29, 1.82) is 0 Å². The fourth-order valence-electron chi connectivity index (χ4n) is 10.6. The van der Waals surface area contributed by atoms with Crippen molar-refractivity contribution in [3.8, 4) is 0 Å². The maximum atomic E-state index is 12.9. The predicted octanol–water partition coefficient (Wildman–Crippen LogP) is 24.1. The molecule has 0 radical (unpaired) electrons. The highest BCUT2D eigenvalue weighted by Crippen LogP contribution is 2.19. The van der Waals surface area contributed by atoms with E-state index in [1.807, 2.05) is 0 Å². The molecule has 0 saturated heterocycles. The molecule has 1 unspecified atom stereocenters. The van der Waals surface area contributed by atoms with Crippen LogP contribution in [0.25, 0.3) is 0 Å². The molecule has 0 N–H and O–H groups in total. The second-order valence-electron chi connectivity index (χ2n) is 23.8. The van der Waals surface area contributed by atoms with Gasteiger partial charge in [-0.25, -0.2) is 0 Å². The third-order valence-electron chi connectivity index (χ3n) is 15.8. The molecule has 0 aliphatic carbocycles. The van der Waals surface area contributed by atoms with Crippen LogP contribution in [0.2, 0.25) is 0 Å². The molecule has 462 valence electrons. The monoisotopic (exact) mass is 1110 g/mol. The molecule has 0 aromatic heterocycles. The van der Waals surface area contributed by atoms with E-state index in [9.17, 15) is 14.4 Å². The van der Waals surface area contributed by atoms with Gasteiger partial charge in [0.1, 0.15) is 13.2 Å². The van der Waals surface area contributed by atoms with Gasteiger partial charge in [-0.3, -0.25) is 14.4 Å². The third-order valence-corrected chi connectivity index (χ3v) is 15.8. The van der Waals surface area contributed by atoms with Crippen molar-refractivity contribution in [2.75, 3.05) is 13.2 Å². The van der Waals surface area contributed by atoms with Crippen LogP contribution in [0.5, 0.6) is 0 Å². The first-order valence-electron chi connectivity index (χ1n) is 35.1. The summed E-state index contributed by atoms with van der Waals surface area (Å²) in [6.07, 6.45) is 85.7. The minimum absolute atomic E-state index is 0.0710. The lowest BCUT2D eigenvalue weighted by Gasteiger charge is -2.18. The van der Waals surface area contributed by atoms with Gasteiger partial charge in [0.05, 0.1) is 0 Å². The van der Waals surface area contributed by atoms with Crippen LogP contribution in [0.4, 0.5) is 0 Å². The largest absolute Gasteiger partial charge is 0.462 e. The van der Waals surface area contributed by atoms with Gasteiger partial charge in [0.25, 0.3) is 0 Å². The molecule has 0 aliphatic rings. The van der Waals surface area contributed by atoms with E-state index in [0.29, 0.717) is 19.3 Å². The molecule has 6 nitrogen and oxygen atoms in total. The molecule has 0 bridgehead atoms. The van der Waals surface area contributed by atoms with E-state index in [1.54, 1.807) is 0 Å². The van der Waals surface area contributed by atoms with E-state index in [4.69, 9.17) is 14.2 Å². The summed E-state index contributed by atoms with van der Waals surface area (Å²) in [6, 6.07) is 0. The average molecular weight is 1110 g/mol. The highest BCUT2D eigenvalue weighted by atomic mass is 16.6. The number of carbonyl (C=O) groups is 3. The average Bonchev–Trinajstić information content (AvgIpc) is 3.45. The Kier molecular flexibility index (Phi) is 65.6. The van der Waals surface area contributed by atoms with Crippen LogP contribution in [0.1, 0.15) is 380 Å². The molecule has 1 atom stereocenters. The van der Waals surface area contributed by atoms with Crippen molar-refractivity contribution < 1.29 is 28.6 Å². The molecule has 0 amide bonds. The van der Waals surface area contributed by atoms with Gasteiger partial charge in [0.2, 0.25) is 0 Å². The molecule has 0 rings (SSSR count). The van der Waals surface area contributed by atoms with Crippen LogP contribution < -0.4 is 0 Å². The Morgan fingerprint density at radius 1 is 0.266 bits per heavy atom. The van der Waals surface area contributed by atoms with Crippen molar-refractivity contribution in [1.82, 2.24) is 0 Å². The van der Waals surface area contributed by atoms with Crippen LogP contribution in [-0.2, 0) is 28.6 Å². The standard InChI is InChI=1S/C73H134O6/c1-4-7-10-13-16-19-22-25-28-30-32-34-35-36-37-38-40-41-43-45-48-51-54-57-60-63-66-72(75)78-69-70(68-77-71(74)65-62-59-56-53-50-47-27-24-21-18-15-12-9-6-3)79-73(76)67-64-61-58-55-52-49-46-44-42-39-33-31-29-26-23-20-17-14-11-8-5-2/h8,11,17,20,26,29,33,39,70H,4-7,9-10,12-16,18-19,21-25,27-28,30-32,34-38,40-69H2,1-3H3/b11-8-,20-17-,29-26-,39-33-. The maximum Gasteiger partial charge on any atom is 0.306 e. The van der Waals surface area contributed by atoms with E-state index in [1.165, 1.54) is 250 Å². The first-order valence-corrected chi connectivity index (χ1v) is 35.1. The molecule has 0 aromatic carbocycles. The number of allylic oxidation sites excluding steroid dienone is 8. The van der Waals surface area contributed by atoms with Crippen LogP contribution in [0.3, 0.4) is 0 Å². The van der Waals surface area contributed by atoms with Crippen LogP contribution in [0, 0.1) is 0 Å². The summed E-state index contributed by atoms with van der Waals surface area (Å²) in [4.78, 5) is 38.4. The SMILES string of the molecule is CC/C=C\C/C=C\C/C=C\C/C=C\CCCCCCCCCCC(=O)OC(COC(=O)CCCCCCCCCCCCCCCC)COC(=O)CCCCCCCCCCCCCCCCCCCCCCCCCCCC. The molecule has 0 aliphatic heterocycles. The topological polar surface area (TPSA) is 78.9 Å². The van der Waals surface area contributed by atoms with E-state index < -0.39 is 6.10 Å². The second kappa shape index (κ2) is 67.9. The molecule has 6 heteroatoms. The van der Waals surface area contributed by atoms with Gasteiger partial charge in [-0.15, -0.1) is 0 Å². The molecule has 0 heterocycles. The van der Waals surface area contributed by atoms with Gasteiger partial charge in [-0.2, -0.15) is 0 Å². The molecule has 0 spiro atoms. The van der Waals surface area contributed by atoms with Crippen LogP contribution in [0.15, 0.2) is 48.6 Å².